The Hall–Kier alpha value is -0.860. The molecule has 92 valence electrons. The van der Waals surface area contributed by atoms with Gasteiger partial charge in [0.25, 0.3) is 0 Å². The first-order valence-electron chi connectivity index (χ1n) is 5.89. The zero-order chi connectivity index (χ0) is 12.7. The van der Waals surface area contributed by atoms with Crippen molar-refractivity contribution in [3.8, 4) is 0 Å². The molecule has 0 saturated carbocycles. The molecule has 3 nitrogen and oxygen atoms in total. The van der Waals surface area contributed by atoms with Gasteiger partial charge in [-0.25, -0.2) is 0 Å². The highest BCUT2D eigenvalue weighted by Crippen LogP contribution is 2.34. The Labute approximate surface area is 98.2 Å². The molecule has 16 heavy (non-hydrogen) atoms. The van der Waals surface area contributed by atoms with E-state index in [0.29, 0.717) is 6.42 Å². The minimum absolute atomic E-state index is 0.00688. The molecule has 0 N–H and O–H groups in total. The smallest absolute Gasteiger partial charge is 0.233 e. The molecule has 0 aliphatic carbocycles. The third-order valence-electron chi connectivity index (χ3n) is 2.77. The lowest BCUT2D eigenvalue weighted by Crippen LogP contribution is -2.45. The first kappa shape index (κ1) is 13.2. The fourth-order valence-corrected chi connectivity index (χ4v) is 2.30. The van der Waals surface area contributed by atoms with Crippen molar-refractivity contribution in [2.24, 2.45) is 11.3 Å². The van der Waals surface area contributed by atoms with E-state index in [-0.39, 0.29) is 28.7 Å². The molecular formula is C13H23NO2. The molecule has 0 aromatic rings. The maximum absolute atomic E-state index is 12.1. The van der Waals surface area contributed by atoms with Crippen LogP contribution in [0.2, 0.25) is 0 Å². The molecule has 1 aliphatic heterocycles. The molecule has 0 aromatic carbocycles. The highest BCUT2D eigenvalue weighted by molar-refractivity contribution is 6.04. The van der Waals surface area contributed by atoms with Crippen LogP contribution < -0.4 is 0 Å². The summed E-state index contributed by atoms with van der Waals surface area (Å²) >= 11 is 0. The number of carbonyl (C=O) groups excluding carboxylic acids is 2. The van der Waals surface area contributed by atoms with Crippen molar-refractivity contribution in [3.63, 3.8) is 0 Å². The summed E-state index contributed by atoms with van der Waals surface area (Å²) in [6, 6.07) is 0. The van der Waals surface area contributed by atoms with Gasteiger partial charge in [-0.15, -0.1) is 0 Å². The molecule has 1 rings (SSSR count). The molecule has 1 atom stereocenters. The molecule has 3 heteroatoms. The van der Waals surface area contributed by atoms with Crippen LogP contribution >= 0.6 is 0 Å². The third-order valence-corrected chi connectivity index (χ3v) is 2.77. The van der Waals surface area contributed by atoms with Gasteiger partial charge in [0.2, 0.25) is 11.8 Å². The topological polar surface area (TPSA) is 37.4 Å². The normalized spacial score (nSPS) is 23.1. The molecule has 1 aliphatic rings. The number of rotatable bonds is 1. The summed E-state index contributed by atoms with van der Waals surface area (Å²) in [5.41, 5.74) is -0.296. The Kier molecular flexibility index (Phi) is 3.19. The van der Waals surface area contributed by atoms with Gasteiger partial charge in [-0.1, -0.05) is 20.8 Å². The van der Waals surface area contributed by atoms with E-state index in [4.69, 9.17) is 0 Å². The van der Waals surface area contributed by atoms with Gasteiger partial charge >= 0.3 is 0 Å². The van der Waals surface area contributed by atoms with E-state index in [2.05, 4.69) is 20.8 Å². The van der Waals surface area contributed by atoms with Gasteiger partial charge in [0, 0.05) is 17.9 Å². The van der Waals surface area contributed by atoms with Crippen molar-refractivity contribution in [2.75, 3.05) is 0 Å². The van der Waals surface area contributed by atoms with Gasteiger partial charge in [0.05, 0.1) is 0 Å². The average Bonchev–Trinajstić information content (AvgIpc) is 2.21. The monoisotopic (exact) mass is 225 g/mol. The van der Waals surface area contributed by atoms with E-state index in [9.17, 15) is 9.59 Å². The van der Waals surface area contributed by atoms with E-state index in [1.165, 1.54) is 4.90 Å². The van der Waals surface area contributed by atoms with E-state index < -0.39 is 0 Å². The second kappa shape index (κ2) is 3.86. The van der Waals surface area contributed by atoms with Crippen LogP contribution in [-0.4, -0.2) is 22.3 Å². The van der Waals surface area contributed by atoms with Gasteiger partial charge in [0.15, 0.2) is 0 Å². The van der Waals surface area contributed by atoms with Crippen LogP contribution in [0.1, 0.15) is 54.4 Å². The highest BCUT2D eigenvalue weighted by Gasteiger charge is 2.44. The first-order chi connectivity index (χ1) is 7.02. The van der Waals surface area contributed by atoms with Gasteiger partial charge in [-0.2, -0.15) is 0 Å². The van der Waals surface area contributed by atoms with Crippen molar-refractivity contribution in [1.82, 2.24) is 4.90 Å². The molecule has 0 spiro atoms. The molecule has 0 aromatic heterocycles. The van der Waals surface area contributed by atoms with Crippen LogP contribution in [0.15, 0.2) is 0 Å². The number of nitrogens with zero attached hydrogens (tertiary/aromatic N) is 1. The van der Waals surface area contributed by atoms with Crippen molar-refractivity contribution in [2.45, 2.75) is 59.9 Å². The number of likely N-dealkylation sites (tertiary alicyclic amines) is 1. The molecule has 1 saturated heterocycles. The Balaban J connectivity index is 2.83. The Morgan fingerprint density at radius 3 is 1.94 bits per heavy atom. The second-order valence-corrected chi connectivity index (χ2v) is 6.90. The van der Waals surface area contributed by atoms with Gasteiger partial charge in [0.1, 0.15) is 0 Å². The first-order valence-corrected chi connectivity index (χ1v) is 5.89. The Morgan fingerprint density at radius 1 is 1.12 bits per heavy atom. The van der Waals surface area contributed by atoms with Crippen molar-refractivity contribution >= 4 is 11.8 Å². The van der Waals surface area contributed by atoms with Crippen LogP contribution in [0.4, 0.5) is 0 Å². The average molecular weight is 225 g/mol. The van der Waals surface area contributed by atoms with Crippen LogP contribution in [0.5, 0.6) is 0 Å². The number of hydrogen-bond acceptors (Lipinski definition) is 2. The summed E-state index contributed by atoms with van der Waals surface area (Å²) in [7, 11) is 0. The lowest BCUT2D eigenvalue weighted by molar-refractivity contribution is -0.145. The summed E-state index contributed by atoms with van der Waals surface area (Å²) in [5, 5.41) is 0. The molecule has 1 heterocycles. The fourth-order valence-electron chi connectivity index (χ4n) is 2.30. The second-order valence-electron chi connectivity index (χ2n) is 6.90. The predicted molar refractivity (Wildman–Crippen MR) is 63.8 cm³/mol. The van der Waals surface area contributed by atoms with E-state index in [1.54, 1.807) is 0 Å². The quantitative estimate of drug-likeness (QED) is 0.643. The van der Waals surface area contributed by atoms with Crippen LogP contribution in [0.25, 0.3) is 0 Å². The Bertz CT molecular complexity index is 307. The minimum atomic E-state index is -0.388. The summed E-state index contributed by atoms with van der Waals surface area (Å²) in [6.07, 6.45) is 1.16. The van der Waals surface area contributed by atoms with Gasteiger partial charge < -0.3 is 0 Å². The lowest BCUT2D eigenvalue weighted by atomic mass is 9.84. The SMILES string of the molecule is CC(C)(C)CC1CC(=O)N(C(C)(C)C)C1=O. The van der Waals surface area contributed by atoms with Crippen LogP contribution in [-0.2, 0) is 9.59 Å². The summed E-state index contributed by atoms with van der Waals surface area (Å²) in [6.45, 7) is 12.0. The molecule has 0 bridgehead atoms. The van der Waals surface area contributed by atoms with E-state index in [0.717, 1.165) is 6.42 Å². The van der Waals surface area contributed by atoms with Gasteiger partial charge in [-0.05, 0) is 32.6 Å². The molecular weight excluding hydrogens is 202 g/mol. The molecule has 2 amide bonds. The number of imide groups is 1. The highest BCUT2D eigenvalue weighted by atomic mass is 16.2. The van der Waals surface area contributed by atoms with Crippen LogP contribution in [0.3, 0.4) is 0 Å². The lowest BCUT2D eigenvalue weighted by Gasteiger charge is -2.30. The van der Waals surface area contributed by atoms with E-state index in [1.807, 2.05) is 20.8 Å². The standard InChI is InChI=1S/C13H23NO2/c1-12(2,3)8-9-7-10(15)14(11(9)16)13(4,5)6/h9H,7-8H2,1-6H3. The van der Waals surface area contributed by atoms with Crippen molar-refractivity contribution in [3.05, 3.63) is 0 Å². The number of hydrogen-bond donors (Lipinski definition) is 0. The fraction of sp³-hybridized carbons (Fsp3) is 0.846. The summed E-state index contributed by atoms with van der Waals surface area (Å²) in [4.78, 5) is 25.4. The predicted octanol–water partition coefficient (Wildman–Crippen LogP) is 2.60. The molecule has 1 fully saturated rings. The molecule has 0 radical (unpaired) electrons. The van der Waals surface area contributed by atoms with Crippen molar-refractivity contribution < 1.29 is 9.59 Å². The maximum Gasteiger partial charge on any atom is 0.233 e. The summed E-state index contributed by atoms with van der Waals surface area (Å²) in [5.74, 6) is -0.133. The zero-order valence-corrected chi connectivity index (χ0v) is 11.3. The zero-order valence-electron chi connectivity index (χ0n) is 11.3. The van der Waals surface area contributed by atoms with E-state index >= 15 is 0 Å². The minimum Gasteiger partial charge on any atom is -0.277 e. The number of carbonyl (C=O) groups is 2. The largest absolute Gasteiger partial charge is 0.277 e. The third kappa shape index (κ3) is 2.83. The van der Waals surface area contributed by atoms with Gasteiger partial charge in [-0.3, -0.25) is 14.5 Å². The van der Waals surface area contributed by atoms with Crippen molar-refractivity contribution in [1.29, 1.82) is 0 Å². The van der Waals surface area contributed by atoms with Crippen LogP contribution in [0, 0.1) is 11.3 Å². The molecule has 1 unspecified atom stereocenters. The summed E-state index contributed by atoms with van der Waals surface area (Å²) < 4.78 is 0. The maximum atomic E-state index is 12.1. The number of amides is 2. The Morgan fingerprint density at radius 2 is 1.62 bits per heavy atom.